The third kappa shape index (κ3) is 1.91. The molecule has 104 valence electrons. The first kappa shape index (κ1) is 12.6. The minimum absolute atomic E-state index is 0.0775. The van der Waals surface area contributed by atoms with Crippen LogP contribution in [0.25, 0.3) is 5.69 Å². The summed E-state index contributed by atoms with van der Waals surface area (Å²) in [5.74, 6) is -0.835. The quantitative estimate of drug-likeness (QED) is 0.780. The van der Waals surface area contributed by atoms with Gasteiger partial charge in [0.1, 0.15) is 5.75 Å². The Morgan fingerprint density at radius 1 is 1.35 bits per heavy atom. The first-order valence-electron chi connectivity index (χ1n) is 5.61. The first-order chi connectivity index (χ1) is 9.50. The Bertz CT molecular complexity index is 681. The molecule has 1 aliphatic heterocycles. The normalized spacial score (nSPS) is 13.9. The van der Waals surface area contributed by atoms with Crippen molar-refractivity contribution in [2.24, 2.45) is 0 Å². The first-order valence-corrected chi connectivity index (χ1v) is 5.61. The van der Waals surface area contributed by atoms with Gasteiger partial charge in [-0.1, -0.05) is 0 Å². The van der Waals surface area contributed by atoms with E-state index in [4.69, 9.17) is 4.74 Å². The number of nitrogens with zero attached hydrogens (tertiary/aromatic N) is 4. The number of carbonyl (C=O) groups excluding carboxylic acids is 1. The fraction of sp³-hybridized carbons (Fsp3) is 0.273. The van der Waals surface area contributed by atoms with E-state index in [-0.39, 0.29) is 11.3 Å². The number of hydrogen-bond acceptors (Lipinski definition) is 5. The zero-order valence-corrected chi connectivity index (χ0v) is 9.89. The Morgan fingerprint density at radius 2 is 2.15 bits per heavy atom. The number of hydrogen-bond donors (Lipinski definition) is 0. The molecule has 20 heavy (non-hydrogen) atoms. The Hall–Kier alpha value is -2.45. The molecule has 9 heteroatoms. The summed E-state index contributed by atoms with van der Waals surface area (Å²) in [6.45, 7) is 0.390. The van der Waals surface area contributed by atoms with E-state index in [1.54, 1.807) is 0 Å². The molecule has 1 aliphatic rings. The monoisotopic (exact) mass is 284 g/mol. The largest absolute Gasteiger partial charge is 0.492 e. The maximum atomic E-state index is 12.8. The Labute approximate surface area is 110 Å². The van der Waals surface area contributed by atoms with Gasteiger partial charge in [-0.2, -0.15) is 17.9 Å². The highest BCUT2D eigenvalue weighted by atomic mass is 19.4. The minimum Gasteiger partial charge on any atom is -0.492 e. The molecule has 0 saturated heterocycles. The van der Waals surface area contributed by atoms with Crippen molar-refractivity contribution < 1.29 is 22.7 Å². The Kier molecular flexibility index (Phi) is 2.70. The summed E-state index contributed by atoms with van der Waals surface area (Å²) < 4.78 is 44.1. The van der Waals surface area contributed by atoms with Crippen molar-refractivity contribution in [3.63, 3.8) is 0 Å². The number of ether oxygens (including phenoxy) is 1. The number of aldehydes is 1. The molecule has 0 unspecified atom stereocenters. The summed E-state index contributed by atoms with van der Waals surface area (Å²) in [7, 11) is 0. The van der Waals surface area contributed by atoms with Crippen molar-refractivity contribution in [1.82, 2.24) is 20.2 Å². The molecule has 2 aromatic rings. The van der Waals surface area contributed by atoms with Gasteiger partial charge >= 0.3 is 6.18 Å². The number of halogens is 3. The van der Waals surface area contributed by atoms with Crippen LogP contribution in [0, 0.1) is 0 Å². The van der Waals surface area contributed by atoms with Crippen molar-refractivity contribution in [3.8, 4) is 11.4 Å². The van der Waals surface area contributed by atoms with Crippen LogP contribution in [-0.4, -0.2) is 33.1 Å². The van der Waals surface area contributed by atoms with Crippen LogP contribution in [0.15, 0.2) is 12.1 Å². The molecule has 0 fully saturated rings. The molecular weight excluding hydrogens is 277 g/mol. The van der Waals surface area contributed by atoms with Crippen LogP contribution in [0.5, 0.6) is 5.75 Å². The number of rotatable bonds is 2. The number of carbonyl (C=O) groups is 1. The van der Waals surface area contributed by atoms with Crippen LogP contribution >= 0.6 is 0 Å². The standard InChI is InChI=1S/C11H7F3N4O2/c12-11(13,14)10-15-16-17-18(10)8-3-6-1-2-20-9(6)7(4-8)5-19/h3-5H,1-2H2. The van der Waals surface area contributed by atoms with E-state index in [1.165, 1.54) is 12.1 Å². The van der Waals surface area contributed by atoms with Gasteiger partial charge in [-0.05, 0) is 22.6 Å². The zero-order chi connectivity index (χ0) is 14.3. The Balaban J connectivity index is 2.17. The molecule has 0 radical (unpaired) electrons. The molecule has 0 aliphatic carbocycles. The fourth-order valence-electron chi connectivity index (χ4n) is 2.07. The van der Waals surface area contributed by atoms with Crippen molar-refractivity contribution in [2.45, 2.75) is 12.6 Å². The van der Waals surface area contributed by atoms with Gasteiger partial charge in [-0.15, -0.1) is 5.10 Å². The minimum atomic E-state index is -4.68. The van der Waals surface area contributed by atoms with Crippen molar-refractivity contribution in [1.29, 1.82) is 0 Å². The van der Waals surface area contributed by atoms with Gasteiger partial charge in [0.25, 0.3) is 5.82 Å². The summed E-state index contributed by atoms with van der Waals surface area (Å²) in [4.78, 5) is 11.0. The van der Waals surface area contributed by atoms with E-state index in [9.17, 15) is 18.0 Å². The van der Waals surface area contributed by atoms with Gasteiger partial charge in [-0.3, -0.25) is 4.79 Å². The lowest BCUT2D eigenvalue weighted by atomic mass is 10.1. The summed E-state index contributed by atoms with van der Waals surface area (Å²) in [6, 6.07) is 2.75. The average molecular weight is 284 g/mol. The highest BCUT2D eigenvalue weighted by Crippen LogP contribution is 2.33. The summed E-state index contributed by atoms with van der Waals surface area (Å²) in [5.41, 5.74) is 0.917. The SMILES string of the molecule is O=Cc1cc(-n2nnnc2C(F)(F)F)cc2c1OCC2. The third-order valence-corrected chi connectivity index (χ3v) is 2.89. The molecule has 1 aromatic carbocycles. The number of benzene rings is 1. The second-order valence-corrected chi connectivity index (χ2v) is 4.15. The molecule has 1 aromatic heterocycles. The predicted molar refractivity (Wildman–Crippen MR) is 58.7 cm³/mol. The van der Waals surface area contributed by atoms with Crippen LogP contribution in [0.2, 0.25) is 0 Å². The highest BCUT2D eigenvalue weighted by molar-refractivity contribution is 5.82. The molecule has 0 amide bonds. The van der Waals surface area contributed by atoms with Crippen LogP contribution < -0.4 is 4.74 Å². The van der Waals surface area contributed by atoms with Crippen LogP contribution in [-0.2, 0) is 12.6 Å². The second-order valence-electron chi connectivity index (χ2n) is 4.15. The lowest BCUT2D eigenvalue weighted by molar-refractivity contribution is -0.146. The summed E-state index contributed by atoms with van der Waals surface area (Å²) in [5, 5.41) is 9.34. The third-order valence-electron chi connectivity index (χ3n) is 2.89. The number of alkyl halides is 3. The van der Waals surface area contributed by atoms with Gasteiger partial charge in [0.05, 0.1) is 17.9 Å². The maximum absolute atomic E-state index is 12.8. The average Bonchev–Trinajstić information content (AvgIpc) is 3.04. The second kappa shape index (κ2) is 4.29. The number of tetrazole rings is 1. The van der Waals surface area contributed by atoms with E-state index in [0.29, 0.717) is 35.3 Å². The predicted octanol–water partition coefficient (Wildman–Crippen LogP) is 1.43. The van der Waals surface area contributed by atoms with Gasteiger partial charge in [0, 0.05) is 12.0 Å². The lowest BCUT2D eigenvalue weighted by Crippen LogP contribution is -2.15. The van der Waals surface area contributed by atoms with Crippen molar-refractivity contribution in [3.05, 3.63) is 29.1 Å². The van der Waals surface area contributed by atoms with E-state index < -0.39 is 12.0 Å². The van der Waals surface area contributed by atoms with Crippen molar-refractivity contribution >= 4 is 6.29 Å². The van der Waals surface area contributed by atoms with Crippen LogP contribution in [0.3, 0.4) is 0 Å². The van der Waals surface area contributed by atoms with E-state index in [1.807, 2.05) is 0 Å². The fourth-order valence-corrected chi connectivity index (χ4v) is 2.07. The van der Waals surface area contributed by atoms with E-state index in [2.05, 4.69) is 15.5 Å². The Morgan fingerprint density at radius 3 is 2.85 bits per heavy atom. The highest BCUT2D eigenvalue weighted by Gasteiger charge is 2.38. The van der Waals surface area contributed by atoms with Gasteiger partial charge in [0.2, 0.25) is 0 Å². The maximum Gasteiger partial charge on any atom is 0.453 e. The number of aromatic nitrogens is 4. The van der Waals surface area contributed by atoms with Gasteiger partial charge in [-0.25, -0.2) is 0 Å². The van der Waals surface area contributed by atoms with Gasteiger partial charge < -0.3 is 4.74 Å². The molecule has 0 atom stereocenters. The van der Waals surface area contributed by atoms with Crippen LogP contribution in [0.1, 0.15) is 21.7 Å². The molecule has 6 nitrogen and oxygen atoms in total. The summed E-state index contributed by atoms with van der Waals surface area (Å²) in [6.07, 6.45) is -3.63. The van der Waals surface area contributed by atoms with E-state index >= 15 is 0 Å². The molecule has 0 bridgehead atoms. The van der Waals surface area contributed by atoms with E-state index in [0.717, 1.165) is 0 Å². The van der Waals surface area contributed by atoms with Gasteiger partial charge in [0.15, 0.2) is 6.29 Å². The number of fused-ring (bicyclic) bond motifs is 1. The lowest BCUT2D eigenvalue weighted by Gasteiger charge is -2.09. The van der Waals surface area contributed by atoms with Crippen molar-refractivity contribution in [2.75, 3.05) is 6.61 Å². The molecule has 0 saturated carbocycles. The topological polar surface area (TPSA) is 69.9 Å². The molecular formula is C11H7F3N4O2. The zero-order valence-electron chi connectivity index (χ0n) is 9.89. The smallest absolute Gasteiger partial charge is 0.453 e. The summed E-state index contributed by atoms with van der Waals surface area (Å²) >= 11 is 0. The molecule has 0 N–H and O–H groups in total. The molecule has 0 spiro atoms. The molecule has 2 heterocycles. The molecule has 3 rings (SSSR count). The van der Waals surface area contributed by atoms with Crippen LogP contribution in [0.4, 0.5) is 13.2 Å².